The Morgan fingerprint density at radius 3 is 2.75 bits per heavy atom. The van der Waals surface area contributed by atoms with Gasteiger partial charge < -0.3 is 0 Å². The third-order valence-electron chi connectivity index (χ3n) is 2.39. The first-order chi connectivity index (χ1) is 5.61. The first-order valence-electron chi connectivity index (χ1n) is 4.09. The minimum Gasteiger partial charge on any atom is -0.294 e. The maximum Gasteiger partial charge on any atom is 0.169 e. The van der Waals surface area contributed by atoms with E-state index in [1.54, 1.807) is 0 Å². The SMILES string of the molecule is [CH2]C1(C)Cc2ccccc2C1=O. The summed E-state index contributed by atoms with van der Waals surface area (Å²) in [7, 11) is 0. The first-order valence-corrected chi connectivity index (χ1v) is 4.09. The molecule has 0 aromatic heterocycles. The Hall–Kier alpha value is -1.11. The molecule has 0 fully saturated rings. The van der Waals surface area contributed by atoms with Crippen molar-refractivity contribution >= 4 is 5.78 Å². The van der Waals surface area contributed by atoms with Crippen molar-refractivity contribution in [2.75, 3.05) is 0 Å². The fourth-order valence-corrected chi connectivity index (χ4v) is 1.72. The Labute approximate surface area is 72.4 Å². The highest BCUT2D eigenvalue weighted by molar-refractivity contribution is 6.05. The zero-order valence-corrected chi connectivity index (χ0v) is 7.13. The van der Waals surface area contributed by atoms with E-state index >= 15 is 0 Å². The maximum atomic E-state index is 11.7. The minimum atomic E-state index is -0.427. The minimum absolute atomic E-state index is 0.179. The van der Waals surface area contributed by atoms with Crippen molar-refractivity contribution in [2.24, 2.45) is 5.41 Å². The predicted octanol–water partition coefficient (Wildman–Crippen LogP) is 2.27. The molecule has 0 amide bonds. The number of ketones is 1. The van der Waals surface area contributed by atoms with Gasteiger partial charge in [0, 0.05) is 11.0 Å². The molecule has 1 aromatic rings. The molecule has 1 aliphatic rings. The van der Waals surface area contributed by atoms with Crippen molar-refractivity contribution in [1.82, 2.24) is 0 Å². The number of carbonyl (C=O) groups is 1. The topological polar surface area (TPSA) is 17.1 Å². The molecule has 12 heavy (non-hydrogen) atoms. The number of benzene rings is 1. The lowest BCUT2D eigenvalue weighted by Crippen LogP contribution is -2.19. The zero-order chi connectivity index (χ0) is 8.77. The molecule has 61 valence electrons. The molecule has 1 aromatic carbocycles. The van der Waals surface area contributed by atoms with Crippen LogP contribution in [0.1, 0.15) is 22.8 Å². The van der Waals surface area contributed by atoms with Crippen molar-refractivity contribution < 1.29 is 4.79 Å². The highest BCUT2D eigenvalue weighted by Crippen LogP contribution is 2.35. The van der Waals surface area contributed by atoms with Gasteiger partial charge in [-0.05, 0) is 18.9 Å². The van der Waals surface area contributed by atoms with Crippen LogP contribution in [0.25, 0.3) is 0 Å². The summed E-state index contributed by atoms with van der Waals surface area (Å²) in [4.78, 5) is 11.7. The van der Waals surface area contributed by atoms with Crippen LogP contribution in [-0.4, -0.2) is 5.78 Å². The standard InChI is InChI=1S/C11H11O/c1-11(2)7-8-5-3-4-6-9(8)10(11)12/h3-6H,1,7H2,2H3. The highest BCUT2D eigenvalue weighted by Gasteiger charge is 2.36. The molecular weight excluding hydrogens is 148 g/mol. The second-order valence-corrected chi connectivity index (χ2v) is 3.72. The van der Waals surface area contributed by atoms with Gasteiger partial charge in [-0.15, -0.1) is 0 Å². The summed E-state index contributed by atoms with van der Waals surface area (Å²) in [6.07, 6.45) is 0.780. The third kappa shape index (κ3) is 0.893. The molecule has 0 saturated carbocycles. The van der Waals surface area contributed by atoms with E-state index in [9.17, 15) is 4.79 Å². The molecule has 1 atom stereocenters. The van der Waals surface area contributed by atoms with Crippen molar-refractivity contribution in [3.63, 3.8) is 0 Å². The summed E-state index contributed by atoms with van der Waals surface area (Å²) in [5, 5.41) is 0. The fraction of sp³-hybridized carbons (Fsp3) is 0.273. The van der Waals surface area contributed by atoms with Gasteiger partial charge in [-0.2, -0.15) is 0 Å². The van der Waals surface area contributed by atoms with Crippen molar-refractivity contribution in [3.05, 3.63) is 42.3 Å². The van der Waals surface area contributed by atoms with E-state index in [1.807, 2.05) is 31.2 Å². The lowest BCUT2D eigenvalue weighted by molar-refractivity contribution is 0.0889. The summed E-state index contributed by atoms with van der Waals surface area (Å²) >= 11 is 0. The molecule has 1 radical (unpaired) electrons. The van der Waals surface area contributed by atoms with Crippen molar-refractivity contribution in [1.29, 1.82) is 0 Å². The van der Waals surface area contributed by atoms with Gasteiger partial charge in [0.15, 0.2) is 5.78 Å². The van der Waals surface area contributed by atoms with E-state index in [-0.39, 0.29) is 5.78 Å². The van der Waals surface area contributed by atoms with Crippen LogP contribution in [0.2, 0.25) is 0 Å². The van der Waals surface area contributed by atoms with Crippen LogP contribution in [-0.2, 0) is 6.42 Å². The second-order valence-electron chi connectivity index (χ2n) is 3.72. The van der Waals surface area contributed by atoms with Crippen LogP contribution in [0.4, 0.5) is 0 Å². The molecular formula is C11H11O. The number of hydrogen-bond donors (Lipinski definition) is 0. The molecule has 0 heterocycles. The molecule has 2 rings (SSSR count). The van der Waals surface area contributed by atoms with Gasteiger partial charge >= 0.3 is 0 Å². The molecule has 0 saturated heterocycles. The van der Waals surface area contributed by atoms with Crippen LogP contribution in [0, 0.1) is 12.3 Å². The average Bonchev–Trinajstić information content (AvgIpc) is 2.24. The summed E-state index contributed by atoms with van der Waals surface area (Å²) in [6, 6.07) is 7.75. The Morgan fingerprint density at radius 2 is 2.08 bits per heavy atom. The molecule has 1 heteroatoms. The smallest absolute Gasteiger partial charge is 0.169 e. The van der Waals surface area contributed by atoms with E-state index in [0.29, 0.717) is 0 Å². The molecule has 1 aliphatic carbocycles. The van der Waals surface area contributed by atoms with E-state index in [1.165, 1.54) is 0 Å². The van der Waals surface area contributed by atoms with E-state index in [0.717, 1.165) is 17.5 Å². The largest absolute Gasteiger partial charge is 0.294 e. The van der Waals surface area contributed by atoms with Crippen LogP contribution in [0.5, 0.6) is 0 Å². The van der Waals surface area contributed by atoms with Gasteiger partial charge in [-0.1, -0.05) is 31.2 Å². The molecule has 1 unspecified atom stereocenters. The van der Waals surface area contributed by atoms with Crippen LogP contribution >= 0.6 is 0 Å². The number of Topliss-reactive ketones (excluding diaryl/α,β-unsaturated/α-hetero) is 1. The Balaban J connectivity index is 2.57. The quantitative estimate of drug-likeness (QED) is 0.567. The van der Waals surface area contributed by atoms with Gasteiger partial charge in [-0.25, -0.2) is 0 Å². The van der Waals surface area contributed by atoms with Gasteiger partial charge in [0.2, 0.25) is 0 Å². The normalized spacial score (nSPS) is 19.3. The zero-order valence-electron chi connectivity index (χ0n) is 7.13. The first kappa shape index (κ1) is 7.53. The Morgan fingerprint density at radius 1 is 1.42 bits per heavy atom. The van der Waals surface area contributed by atoms with E-state index in [4.69, 9.17) is 0 Å². The van der Waals surface area contributed by atoms with Gasteiger partial charge in [0.1, 0.15) is 0 Å². The van der Waals surface area contributed by atoms with Crippen molar-refractivity contribution in [3.8, 4) is 0 Å². The van der Waals surface area contributed by atoms with Crippen LogP contribution in [0.15, 0.2) is 24.3 Å². The lowest BCUT2D eigenvalue weighted by atomic mass is 9.89. The van der Waals surface area contributed by atoms with Crippen molar-refractivity contribution in [2.45, 2.75) is 13.3 Å². The molecule has 0 bridgehead atoms. The number of fused-ring (bicyclic) bond motifs is 1. The summed E-state index contributed by atoms with van der Waals surface area (Å²) in [6.45, 7) is 5.81. The molecule has 0 aliphatic heterocycles. The summed E-state index contributed by atoms with van der Waals surface area (Å²) < 4.78 is 0. The number of rotatable bonds is 0. The van der Waals surface area contributed by atoms with Gasteiger partial charge in [0.05, 0.1) is 0 Å². The fourth-order valence-electron chi connectivity index (χ4n) is 1.72. The van der Waals surface area contributed by atoms with Gasteiger partial charge in [-0.3, -0.25) is 4.79 Å². The highest BCUT2D eigenvalue weighted by atomic mass is 16.1. The Bertz CT molecular complexity index is 337. The van der Waals surface area contributed by atoms with Gasteiger partial charge in [0.25, 0.3) is 0 Å². The summed E-state index contributed by atoms with van der Waals surface area (Å²) in [5.74, 6) is 0.179. The molecule has 0 spiro atoms. The molecule has 0 N–H and O–H groups in total. The number of carbonyl (C=O) groups excluding carboxylic acids is 1. The van der Waals surface area contributed by atoms with Crippen LogP contribution < -0.4 is 0 Å². The number of hydrogen-bond acceptors (Lipinski definition) is 1. The van der Waals surface area contributed by atoms with Crippen LogP contribution in [0.3, 0.4) is 0 Å². The maximum absolute atomic E-state index is 11.7. The second kappa shape index (κ2) is 2.19. The summed E-state index contributed by atoms with van der Waals surface area (Å²) in [5.41, 5.74) is 1.57. The monoisotopic (exact) mass is 159 g/mol. The lowest BCUT2D eigenvalue weighted by Gasteiger charge is -2.12. The average molecular weight is 159 g/mol. The third-order valence-corrected chi connectivity index (χ3v) is 2.39. The Kier molecular flexibility index (Phi) is 1.38. The van der Waals surface area contributed by atoms with E-state index < -0.39 is 5.41 Å². The molecule has 1 nitrogen and oxygen atoms in total. The van der Waals surface area contributed by atoms with E-state index in [2.05, 4.69) is 6.92 Å². The predicted molar refractivity (Wildman–Crippen MR) is 47.9 cm³/mol.